The van der Waals surface area contributed by atoms with Crippen LogP contribution in [0.15, 0.2) is 26.6 Å². The summed E-state index contributed by atoms with van der Waals surface area (Å²) in [6, 6.07) is 0. The number of carbonyl (C=O) groups excluding carboxylic acids is 1. The SMILES string of the molecule is C=CCNc1nnc(SCC(=O)N(CC(C)C)c2c(N)n(CC(C)C)c(=O)[nH]c2=O)s1. The summed E-state index contributed by atoms with van der Waals surface area (Å²) in [6.07, 6.45) is 1.71. The van der Waals surface area contributed by atoms with Crippen molar-refractivity contribution in [3.63, 3.8) is 0 Å². The first kappa shape index (κ1) is 24.7. The predicted octanol–water partition coefficient (Wildman–Crippen LogP) is 2.01. The molecule has 4 N–H and O–H groups in total. The van der Waals surface area contributed by atoms with Crippen molar-refractivity contribution in [2.45, 2.75) is 38.6 Å². The Kier molecular flexibility index (Phi) is 8.87. The van der Waals surface area contributed by atoms with Crippen LogP contribution in [0.1, 0.15) is 27.7 Å². The van der Waals surface area contributed by atoms with Crippen LogP contribution in [-0.2, 0) is 11.3 Å². The zero-order valence-electron chi connectivity index (χ0n) is 18.2. The Morgan fingerprint density at radius 2 is 2.03 bits per heavy atom. The number of nitrogens with zero attached hydrogens (tertiary/aromatic N) is 4. The van der Waals surface area contributed by atoms with E-state index in [0.29, 0.717) is 22.6 Å². The maximum atomic E-state index is 13.1. The minimum absolute atomic E-state index is 0.00477. The normalized spacial score (nSPS) is 11.2. The van der Waals surface area contributed by atoms with Crippen LogP contribution in [0.25, 0.3) is 0 Å². The molecule has 0 aromatic carbocycles. The molecular weight excluding hydrogens is 438 g/mol. The van der Waals surface area contributed by atoms with E-state index >= 15 is 0 Å². The first-order valence-corrected chi connectivity index (χ1v) is 11.7. The van der Waals surface area contributed by atoms with Gasteiger partial charge in [-0.25, -0.2) is 4.79 Å². The van der Waals surface area contributed by atoms with Crippen LogP contribution in [0.2, 0.25) is 0 Å². The van der Waals surface area contributed by atoms with Crippen molar-refractivity contribution >= 4 is 45.6 Å². The number of hydrogen-bond acceptors (Lipinski definition) is 9. The van der Waals surface area contributed by atoms with Gasteiger partial charge < -0.3 is 16.0 Å². The number of aromatic nitrogens is 4. The van der Waals surface area contributed by atoms with Crippen LogP contribution in [0, 0.1) is 11.8 Å². The molecule has 0 saturated carbocycles. The number of aromatic amines is 1. The molecule has 0 saturated heterocycles. The summed E-state index contributed by atoms with van der Waals surface area (Å²) >= 11 is 2.56. The van der Waals surface area contributed by atoms with E-state index in [9.17, 15) is 14.4 Å². The Bertz CT molecular complexity index is 1030. The van der Waals surface area contributed by atoms with Crippen molar-refractivity contribution < 1.29 is 4.79 Å². The summed E-state index contributed by atoms with van der Waals surface area (Å²) in [5, 5.41) is 11.7. The Morgan fingerprint density at radius 1 is 1.32 bits per heavy atom. The quantitative estimate of drug-likeness (QED) is 0.337. The molecule has 0 unspecified atom stereocenters. The zero-order valence-corrected chi connectivity index (χ0v) is 19.8. The lowest BCUT2D eigenvalue weighted by molar-refractivity contribution is -0.116. The lowest BCUT2D eigenvalue weighted by Crippen LogP contribution is -2.43. The van der Waals surface area contributed by atoms with E-state index < -0.39 is 11.2 Å². The predicted molar refractivity (Wildman–Crippen MR) is 127 cm³/mol. The van der Waals surface area contributed by atoms with Gasteiger partial charge in [0.05, 0.1) is 5.75 Å². The van der Waals surface area contributed by atoms with Crippen LogP contribution in [0.3, 0.4) is 0 Å². The maximum absolute atomic E-state index is 13.1. The van der Waals surface area contributed by atoms with Crippen LogP contribution >= 0.6 is 23.1 Å². The maximum Gasteiger partial charge on any atom is 0.330 e. The Balaban J connectivity index is 2.30. The number of H-pyrrole nitrogens is 1. The molecule has 0 spiro atoms. The smallest absolute Gasteiger partial charge is 0.330 e. The second kappa shape index (κ2) is 11.1. The summed E-state index contributed by atoms with van der Waals surface area (Å²) < 4.78 is 1.92. The number of rotatable bonds is 11. The molecule has 1 amide bonds. The average molecular weight is 468 g/mol. The van der Waals surface area contributed by atoms with E-state index in [2.05, 4.69) is 27.1 Å². The van der Waals surface area contributed by atoms with Gasteiger partial charge in [-0.05, 0) is 11.8 Å². The molecule has 2 aromatic heterocycles. The number of carbonyl (C=O) groups is 1. The molecule has 0 fully saturated rings. The fraction of sp³-hybridized carbons (Fsp3) is 0.526. The lowest BCUT2D eigenvalue weighted by atomic mass is 10.2. The third-order valence-electron chi connectivity index (χ3n) is 4.00. The number of anilines is 3. The van der Waals surface area contributed by atoms with Crippen LogP contribution in [-0.4, -0.2) is 44.5 Å². The molecule has 0 atom stereocenters. The van der Waals surface area contributed by atoms with E-state index in [0.717, 1.165) is 0 Å². The van der Waals surface area contributed by atoms with Gasteiger partial charge >= 0.3 is 5.69 Å². The van der Waals surface area contributed by atoms with Crippen molar-refractivity contribution in [1.29, 1.82) is 0 Å². The molecule has 0 aliphatic heterocycles. The summed E-state index contributed by atoms with van der Waals surface area (Å²) in [7, 11) is 0. The van der Waals surface area contributed by atoms with E-state index in [1.54, 1.807) is 6.08 Å². The minimum atomic E-state index is -0.673. The summed E-state index contributed by atoms with van der Waals surface area (Å²) in [5.74, 6) is -0.0561. The van der Waals surface area contributed by atoms with E-state index in [-0.39, 0.29) is 41.5 Å². The van der Waals surface area contributed by atoms with Gasteiger partial charge in [-0.2, -0.15) is 0 Å². The fourth-order valence-electron chi connectivity index (χ4n) is 2.77. The van der Waals surface area contributed by atoms with Gasteiger partial charge in [0.25, 0.3) is 5.56 Å². The van der Waals surface area contributed by atoms with Gasteiger partial charge in [0.1, 0.15) is 5.82 Å². The Morgan fingerprint density at radius 3 is 2.65 bits per heavy atom. The standard InChI is InChI=1S/C19H29N7O3S2/c1-6-7-21-17-23-24-19(31-17)30-10-13(27)25(8-11(2)3)14-15(20)26(9-12(4)5)18(29)22-16(14)28/h6,11-12H,1,7-10,20H2,2-5H3,(H,21,23)(H,22,28,29). The van der Waals surface area contributed by atoms with Gasteiger partial charge in [0, 0.05) is 19.6 Å². The van der Waals surface area contributed by atoms with Crippen molar-refractivity contribution in [2.24, 2.45) is 11.8 Å². The Hall–Kier alpha value is -2.60. The van der Waals surface area contributed by atoms with Crippen molar-refractivity contribution in [3.05, 3.63) is 33.5 Å². The van der Waals surface area contributed by atoms with Gasteiger partial charge in [0.2, 0.25) is 11.0 Å². The molecule has 31 heavy (non-hydrogen) atoms. The number of nitrogen functional groups attached to an aromatic ring is 1. The molecule has 2 rings (SSSR count). The molecule has 12 heteroatoms. The van der Waals surface area contributed by atoms with Gasteiger partial charge in [-0.3, -0.25) is 19.1 Å². The summed E-state index contributed by atoms with van der Waals surface area (Å²) in [4.78, 5) is 41.6. The largest absolute Gasteiger partial charge is 0.383 e. The second-order valence-corrected chi connectivity index (χ2v) is 9.93. The van der Waals surface area contributed by atoms with E-state index in [1.807, 2.05) is 27.7 Å². The topological polar surface area (TPSA) is 139 Å². The van der Waals surface area contributed by atoms with Crippen LogP contribution < -0.4 is 27.2 Å². The molecule has 0 aliphatic carbocycles. The highest BCUT2D eigenvalue weighted by molar-refractivity contribution is 8.01. The minimum Gasteiger partial charge on any atom is -0.383 e. The highest BCUT2D eigenvalue weighted by Crippen LogP contribution is 2.27. The third-order valence-corrected chi connectivity index (χ3v) is 6.00. The zero-order chi connectivity index (χ0) is 23.1. The summed E-state index contributed by atoms with van der Waals surface area (Å²) in [5.41, 5.74) is 4.96. The number of nitrogens with one attached hydrogen (secondary N) is 2. The van der Waals surface area contributed by atoms with Crippen molar-refractivity contribution in [1.82, 2.24) is 19.7 Å². The molecule has 0 radical (unpaired) electrons. The molecule has 0 aliphatic rings. The van der Waals surface area contributed by atoms with Crippen LogP contribution in [0.5, 0.6) is 0 Å². The molecule has 0 bridgehead atoms. The van der Waals surface area contributed by atoms with E-state index in [1.165, 1.54) is 32.6 Å². The lowest BCUT2D eigenvalue weighted by Gasteiger charge is -2.26. The first-order chi connectivity index (χ1) is 14.6. The highest BCUT2D eigenvalue weighted by Gasteiger charge is 2.25. The molecule has 2 aromatic rings. The Labute approximate surface area is 188 Å². The van der Waals surface area contributed by atoms with Crippen molar-refractivity contribution in [2.75, 3.05) is 34.8 Å². The number of hydrogen-bond donors (Lipinski definition) is 3. The number of thioether (sulfide) groups is 1. The van der Waals surface area contributed by atoms with Crippen LogP contribution in [0.4, 0.5) is 16.6 Å². The van der Waals surface area contributed by atoms with Gasteiger partial charge in [0.15, 0.2) is 10.0 Å². The molecule has 170 valence electrons. The first-order valence-electron chi connectivity index (χ1n) is 9.88. The molecule has 10 nitrogen and oxygen atoms in total. The highest BCUT2D eigenvalue weighted by atomic mass is 32.2. The second-order valence-electron chi connectivity index (χ2n) is 7.73. The fourth-order valence-corrected chi connectivity index (χ4v) is 4.40. The summed E-state index contributed by atoms with van der Waals surface area (Å²) in [6.45, 7) is 12.6. The molecular formula is C19H29N7O3S2. The van der Waals surface area contributed by atoms with E-state index in [4.69, 9.17) is 5.73 Å². The number of nitrogens with two attached hydrogens (primary N) is 1. The third kappa shape index (κ3) is 6.69. The molecule has 2 heterocycles. The average Bonchev–Trinajstić information content (AvgIpc) is 3.14. The monoisotopic (exact) mass is 467 g/mol. The van der Waals surface area contributed by atoms with Gasteiger partial charge in [-0.15, -0.1) is 16.8 Å². The van der Waals surface area contributed by atoms with Gasteiger partial charge in [-0.1, -0.05) is 56.9 Å². The number of amides is 1. The van der Waals surface area contributed by atoms with Crippen molar-refractivity contribution in [3.8, 4) is 0 Å².